The fourth-order valence-corrected chi connectivity index (χ4v) is 1.64. The van der Waals surface area contributed by atoms with Crippen molar-refractivity contribution in [2.24, 2.45) is 0 Å². The van der Waals surface area contributed by atoms with Gasteiger partial charge in [-0.15, -0.1) is 0 Å². The Morgan fingerprint density at radius 1 is 1.00 bits per heavy atom. The van der Waals surface area contributed by atoms with Crippen molar-refractivity contribution in [2.75, 3.05) is 18.4 Å². The fourth-order valence-electron chi connectivity index (χ4n) is 1.64. The molecule has 0 saturated heterocycles. The van der Waals surface area contributed by atoms with E-state index in [4.69, 9.17) is 0 Å². The highest BCUT2D eigenvalue weighted by molar-refractivity contribution is 5.43. The summed E-state index contributed by atoms with van der Waals surface area (Å²) in [6, 6.07) is 4.74. The SMILES string of the molecule is O=c1cc(CNCCNc2cc(F)cc(F)c2)[nH][nH]1. The lowest BCUT2D eigenvalue weighted by molar-refractivity contribution is 0.584. The second kappa shape index (κ2) is 6.14. The summed E-state index contributed by atoms with van der Waals surface area (Å²) < 4.78 is 25.8. The Bertz CT molecular complexity index is 573. The number of rotatable bonds is 6. The minimum Gasteiger partial charge on any atom is -0.384 e. The van der Waals surface area contributed by atoms with Crippen molar-refractivity contribution in [3.05, 3.63) is 51.9 Å². The van der Waals surface area contributed by atoms with Crippen molar-refractivity contribution in [2.45, 2.75) is 6.54 Å². The van der Waals surface area contributed by atoms with Crippen LogP contribution in [0.15, 0.2) is 29.1 Å². The van der Waals surface area contributed by atoms with Crippen LogP contribution in [0.1, 0.15) is 5.69 Å². The van der Waals surface area contributed by atoms with Gasteiger partial charge < -0.3 is 15.7 Å². The Hall–Kier alpha value is -2.15. The highest BCUT2D eigenvalue weighted by Gasteiger charge is 2.00. The van der Waals surface area contributed by atoms with Crippen molar-refractivity contribution >= 4 is 5.69 Å². The van der Waals surface area contributed by atoms with Crippen LogP contribution in [0.25, 0.3) is 0 Å². The van der Waals surface area contributed by atoms with Gasteiger partial charge in [0.1, 0.15) is 11.6 Å². The number of nitrogens with one attached hydrogen (secondary N) is 4. The molecule has 1 aromatic carbocycles. The van der Waals surface area contributed by atoms with E-state index in [1.54, 1.807) is 0 Å². The summed E-state index contributed by atoms with van der Waals surface area (Å²) in [5.74, 6) is -1.22. The van der Waals surface area contributed by atoms with Crippen LogP contribution in [0.4, 0.5) is 14.5 Å². The van der Waals surface area contributed by atoms with Gasteiger partial charge in [0, 0.05) is 37.5 Å². The molecule has 0 aliphatic heterocycles. The van der Waals surface area contributed by atoms with Gasteiger partial charge in [0.15, 0.2) is 0 Å². The molecule has 2 rings (SSSR count). The third-order valence-corrected chi connectivity index (χ3v) is 2.46. The molecular formula is C12H14F2N4O. The number of hydrogen-bond donors (Lipinski definition) is 4. The lowest BCUT2D eigenvalue weighted by atomic mass is 10.3. The Kier molecular flexibility index (Phi) is 4.30. The van der Waals surface area contributed by atoms with Crippen molar-refractivity contribution in [1.29, 1.82) is 0 Å². The average molecular weight is 268 g/mol. The van der Waals surface area contributed by atoms with Crippen LogP contribution in [0.3, 0.4) is 0 Å². The maximum Gasteiger partial charge on any atom is 0.264 e. The predicted molar refractivity (Wildman–Crippen MR) is 68.0 cm³/mol. The lowest BCUT2D eigenvalue weighted by Gasteiger charge is -2.07. The molecule has 1 heterocycles. The smallest absolute Gasteiger partial charge is 0.264 e. The van der Waals surface area contributed by atoms with Crippen LogP contribution >= 0.6 is 0 Å². The van der Waals surface area contributed by atoms with Crippen LogP contribution < -0.4 is 16.2 Å². The number of H-pyrrole nitrogens is 2. The quantitative estimate of drug-likeness (QED) is 0.594. The van der Waals surface area contributed by atoms with E-state index >= 15 is 0 Å². The Labute approximate surface area is 108 Å². The molecule has 102 valence electrons. The Morgan fingerprint density at radius 2 is 1.74 bits per heavy atom. The molecule has 0 unspecified atom stereocenters. The second-order valence-corrected chi connectivity index (χ2v) is 4.05. The monoisotopic (exact) mass is 268 g/mol. The van der Waals surface area contributed by atoms with Gasteiger partial charge in [0.2, 0.25) is 0 Å². The summed E-state index contributed by atoms with van der Waals surface area (Å²) in [7, 11) is 0. The maximum atomic E-state index is 12.9. The van der Waals surface area contributed by atoms with Gasteiger partial charge >= 0.3 is 0 Å². The Morgan fingerprint density at radius 3 is 2.37 bits per heavy atom. The molecule has 0 radical (unpaired) electrons. The topological polar surface area (TPSA) is 72.7 Å². The van der Waals surface area contributed by atoms with Crippen LogP contribution in [0, 0.1) is 11.6 Å². The van der Waals surface area contributed by atoms with Crippen LogP contribution in [0.2, 0.25) is 0 Å². The third kappa shape index (κ3) is 4.22. The molecule has 19 heavy (non-hydrogen) atoms. The molecule has 0 aliphatic rings. The van der Waals surface area contributed by atoms with Crippen molar-refractivity contribution in [3.63, 3.8) is 0 Å². The van der Waals surface area contributed by atoms with Crippen molar-refractivity contribution in [3.8, 4) is 0 Å². The van der Waals surface area contributed by atoms with E-state index < -0.39 is 11.6 Å². The fraction of sp³-hybridized carbons (Fsp3) is 0.250. The zero-order chi connectivity index (χ0) is 13.7. The normalized spacial score (nSPS) is 10.6. The maximum absolute atomic E-state index is 12.9. The first-order chi connectivity index (χ1) is 9.13. The van der Waals surface area contributed by atoms with Gasteiger partial charge in [-0.1, -0.05) is 0 Å². The molecule has 4 N–H and O–H groups in total. The molecule has 0 amide bonds. The standard InChI is InChI=1S/C12H14F2N4O/c13-8-3-9(14)5-10(4-8)16-2-1-15-7-11-6-12(19)18-17-11/h3-6,15-16H,1-2,7H2,(H2,17,18,19). The first-order valence-corrected chi connectivity index (χ1v) is 5.81. The zero-order valence-electron chi connectivity index (χ0n) is 10.1. The molecule has 0 saturated carbocycles. The summed E-state index contributed by atoms with van der Waals surface area (Å²) in [5, 5.41) is 11.1. The predicted octanol–water partition coefficient (Wildman–Crippen LogP) is 1.18. The molecule has 0 fully saturated rings. The van der Waals surface area contributed by atoms with E-state index in [0.717, 1.165) is 11.8 Å². The highest BCUT2D eigenvalue weighted by atomic mass is 19.1. The van der Waals surface area contributed by atoms with Gasteiger partial charge in [0.25, 0.3) is 5.56 Å². The number of anilines is 1. The molecular weight excluding hydrogens is 254 g/mol. The van der Waals surface area contributed by atoms with Gasteiger partial charge in [-0.3, -0.25) is 9.89 Å². The molecule has 0 spiro atoms. The lowest BCUT2D eigenvalue weighted by Crippen LogP contribution is -2.22. The molecule has 0 aliphatic carbocycles. The van der Waals surface area contributed by atoms with Crippen LogP contribution in [0.5, 0.6) is 0 Å². The van der Waals surface area contributed by atoms with E-state index in [0.29, 0.717) is 25.3 Å². The first-order valence-electron chi connectivity index (χ1n) is 5.81. The van der Waals surface area contributed by atoms with Gasteiger partial charge in [-0.2, -0.15) is 0 Å². The Balaban J connectivity index is 1.70. The third-order valence-electron chi connectivity index (χ3n) is 2.46. The van der Waals surface area contributed by atoms with E-state index in [-0.39, 0.29) is 5.56 Å². The summed E-state index contributed by atoms with van der Waals surface area (Å²) in [6.45, 7) is 1.61. The molecule has 2 aromatic rings. The number of aromatic nitrogens is 2. The summed E-state index contributed by atoms with van der Waals surface area (Å²) in [4.78, 5) is 10.8. The molecule has 7 heteroatoms. The summed E-state index contributed by atoms with van der Waals surface area (Å²) >= 11 is 0. The summed E-state index contributed by atoms with van der Waals surface area (Å²) in [5.41, 5.74) is 0.973. The number of hydrogen-bond acceptors (Lipinski definition) is 3. The molecule has 0 atom stereocenters. The molecule has 5 nitrogen and oxygen atoms in total. The van der Waals surface area contributed by atoms with E-state index in [9.17, 15) is 13.6 Å². The first kappa shape index (κ1) is 13.3. The average Bonchev–Trinajstić information content (AvgIpc) is 2.73. The second-order valence-electron chi connectivity index (χ2n) is 4.05. The molecule has 1 aromatic heterocycles. The van der Waals surface area contributed by atoms with Crippen molar-refractivity contribution in [1.82, 2.24) is 15.5 Å². The van der Waals surface area contributed by atoms with Gasteiger partial charge in [-0.05, 0) is 12.1 Å². The largest absolute Gasteiger partial charge is 0.384 e. The highest BCUT2D eigenvalue weighted by Crippen LogP contribution is 2.12. The number of halogens is 2. The molecule has 0 bridgehead atoms. The van der Waals surface area contributed by atoms with E-state index in [1.165, 1.54) is 18.2 Å². The minimum absolute atomic E-state index is 0.176. The van der Waals surface area contributed by atoms with E-state index in [2.05, 4.69) is 20.8 Å². The zero-order valence-corrected chi connectivity index (χ0v) is 10.1. The van der Waals surface area contributed by atoms with Gasteiger partial charge in [0.05, 0.1) is 5.69 Å². The van der Waals surface area contributed by atoms with Crippen molar-refractivity contribution < 1.29 is 8.78 Å². The summed E-state index contributed by atoms with van der Waals surface area (Å²) in [6.07, 6.45) is 0. The van der Waals surface area contributed by atoms with Crippen LogP contribution in [-0.4, -0.2) is 23.3 Å². The number of aromatic amines is 2. The van der Waals surface area contributed by atoms with Crippen LogP contribution in [-0.2, 0) is 6.54 Å². The minimum atomic E-state index is -0.611. The van der Waals surface area contributed by atoms with E-state index in [1.807, 2.05) is 0 Å². The van der Waals surface area contributed by atoms with Gasteiger partial charge in [-0.25, -0.2) is 8.78 Å². The number of benzene rings is 1.